The number of hydrogen-bond donors (Lipinski definition) is 2. The van der Waals surface area contributed by atoms with Gasteiger partial charge >= 0.3 is 5.97 Å². The molecule has 1 amide bonds. The van der Waals surface area contributed by atoms with Crippen LogP contribution in [0.5, 0.6) is 0 Å². The maximum absolute atomic E-state index is 12.4. The third kappa shape index (κ3) is 2.65. The van der Waals surface area contributed by atoms with Gasteiger partial charge in [0.1, 0.15) is 11.3 Å². The number of carbonyl (C=O) groups is 2. The van der Waals surface area contributed by atoms with Crippen LogP contribution in [0.15, 0.2) is 0 Å². The first-order chi connectivity index (χ1) is 7.24. The Morgan fingerprint density at radius 1 is 1.50 bits per heavy atom. The smallest absolute Gasteiger partial charge is 0.327 e. The third-order valence-electron chi connectivity index (χ3n) is 2.16. The summed E-state index contributed by atoms with van der Waals surface area (Å²) in [5.41, 5.74) is 0. The Labute approximate surface area is 89.5 Å². The molecule has 1 heterocycles. The van der Waals surface area contributed by atoms with E-state index >= 15 is 0 Å². The largest absolute Gasteiger partial charge is 0.480 e. The van der Waals surface area contributed by atoms with Crippen molar-refractivity contribution in [2.45, 2.75) is 24.1 Å². The fourth-order valence-electron chi connectivity index (χ4n) is 1.34. The second-order valence-electron chi connectivity index (χ2n) is 3.36. The lowest BCUT2D eigenvalue weighted by molar-refractivity contribution is -0.141. The molecule has 0 bridgehead atoms. The minimum absolute atomic E-state index is 0.913. The number of amides is 1. The standard InChI is InChI=1S/C7H9F2NO5S/c8-6(9)4-1-5(11)10-3(7(12)13)2-16(4,14)15/h3-4,6H,1-2H2,(H,10,11)(H,12,13)/t3-,4+/m1/s1. The maximum Gasteiger partial charge on any atom is 0.327 e. The summed E-state index contributed by atoms with van der Waals surface area (Å²) < 4.78 is 47.5. The minimum Gasteiger partial charge on any atom is -0.480 e. The van der Waals surface area contributed by atoms with Crippen molar-refractivity contribution in [1.29, 1.82) is 0 Å². The van der Waals surface area contributed by atoms with Gasteiger partial charge in [0, 0.05) is 6.42 Å². The quantitative estimate of drug-likeness (QED) is 0.661. The van der Waals surface area contributed by atoms with Crippen LogP contribution in [0.2, 0.25) is 0 Å². The van der Waals surface area contributed by atoms with Gasteiger partial charge in [0.2, 0.25) is 5.91 Å². The first-order valence-electron chi connectivity index (χ1n) is 4.26. The summed E-state index contributed by atoms with van der Waals surface area (Å²) >= 11 is 0. The summed E-state index contributed by atoms with van der Waals surface area (Å²) in [5, 5.41) is 8.31. The average molecular weight is 257 g/mol. The third-order valence-corrected chi connectivity index (χ3v) is 4.25. The zero-order chi connectivity index (χ0) is 12.5. The molecule has 1 saturated heterocycles. The molecule has 0 spiro atoms. The molecule has 0 unspecified atom stereocenters. The van der Waals surface area contributed by atoms with Crippen LogP contribution in [0.4, 0.5) is 8.78 Å². The lowest BCUT2D eigenvalue weighted by Gasteiger charge is -2.12. The number of nitrogens with one attached hydrogen (secondary N) is 1. The molecule has 1 aliphatic rings. The van der Waals surface area contributed by atoms with Gasteiger partial charge in [0.25, 0.3) is 6.43 Å². The number of carbonyl (C=O) groups excluding carboxylic acids is 1. The zero-order valence-electron chi connectivity index (χ0n) is 7.89. The van der Waals surface area contributed by atoms with Gasteiger partial charge in [-0.25, -0.2) is 22.0 Å². The van der Waals surface area contributed by atoms with Crippen LogP contribution in [0.25, 0.3) is 0 Å². The summed E-state index contributed by atoms with van der Waals surface area (Å²) in [6.45, 7) is 0. The van der Waals surface area contributed by atoms with E-state index in [0.717, 1.165) is 0 Å². The van der Waals surface area contributed by atoms with Crippen LogP contribution in [0.3, 0.4) is 0 Å². The molecule has 0 aromatic rings. The number of rotatable bonds is 2. The van der Waals surface area contributed by atoms with Crippen LogP contribution < -0.4 is 5.32 Å². The van der Waals surface area contributed by atoms with Crippen molar-refractivity contribution in [3.8, 4) is 0 Å². The summed E-state index contributed by atoms with van der Waals surface area (Å²) in [6.07, 6.45) is -4.12. The van der Waals surface area contributed by atoms with Crippen LogP contribution in [-0.4, -0.2) is 48.9 Å². The molecule has 16 heavy (non-hydrogen) atoms. The molecule has 1 fully saturated rings. The van der Waals surface area contributed by atoms with E-state index in [2.05, 4.69) is 0 Å². The highest BCUT2D eigenvalue weighted by molar-refractivity contribution is 7.92. The zero-order valence-corrected chi connectivity index (χ0v) is 8.71. The number of sulfone groups is 1. The normalized spacial score (nSPS) is 29.6. The molecule has 0 aromatic carbocycles. The molecule has 2 atom stereocenters. The predicted octanol–water partition coefficient (Wildman–Crippen LogP) is -0.992. The number of halogens is 2. The van der Waals surface area contributed by atoms with Gasteiger partial charge in [-0.1, -0.05) is 0 Å². The molecule has 2 N–H and O–H groups in total. The van der Waals surface area contributed by atoms with Crippen LogP contribution in [0, 0.1) is 0 Å². The Balaban J connectivity index is 3.05. The van der Waals surface area contributed by atoms with E-state index in [9.17, 15) is 26.8 Å². The van der Waals surface area contributed by atoms with E-state index < -0.39 is 51.6 Å². The molecule has 0 aliphatic carbocycles. The maximum atomic E-state index is 12.4. The fourth-order valence-corrected chi connectivity index (χ4v) is 3.00. The number of alkyl halides is 2. The van der Waals surface area contributed by atoms with E-state index in [1.807, 2.05) is 5.32 Å². The molecule has 0 aromatic heterocycles. The van der Waals surface area contributed by atoms with E-state index in [4.69, 9.17) is 5.11 Å². The molecule has 92 valence electrons. The Morgan fingerprint density at radius 3 is 2.50 bits per heavy atom. The van der Waals surface area contributed by atoms with Crippen molar-refractivity contribution in [2.24, 2.45) is 0 Å². The highest BCUT2D eigenvalue weighted by atomic mass is 32.2. The highest BCUT2D eigenvalue weighted by Crippen LogP contribution is 2.19. The number of carboxylic acids is 1. The van der Waals surface area contributed by atoms with Gasteiger partial charge in [-0.3, -0.25) is 4.79 Å². The topological polar surface area (TPSA) is 101 Å². The van der Waals surface area contributed by atoms with E-state index in [-0.39, 0.29) is 0 Å². The van der Waals surface area contributed by atoms with Crippen molar-refractivity contribution in [3.05, 3.63) is 0 Å². The molecular formula is C7H9F2NO5S. The van der Waals surface area contributed by atoms with Crippen molar-refractivity contribution in [1.82, 2.24) is 5.32 Å². The van der Waals surface area contributed by atoms with E-state index in [0.29, 0.717) is 0 Å². The van der Waals surface area contributed by atoms with E-state index in [1.54, 1.807) is 0 Å². The van der Waals surface area contributed by atoms with Crippen LogP contribution in [0.1, 0.15) is 6.42 Å². The molecular weight excluding hydrogens is 248 g/mol. The number of hydrogen-bond acceptors (Lipinski definition) is 4. The molecule has 6 nitrogen and oxygen atoms in total. The van der Waals surface area contributed by atoms with Gasteiger partial charge in [0.05, 0.1) is 5.75 Å². The Morgan fingerprint density at radius 2 is 2.06 bits per heavy atom. The lowest BCUT2D eigenvalue weighted by Crippen LogP contribution is -2.42. The van der Waals surface area contributed by atoms with Crippen LogP contribution in [-0.2, 0) is 19.4 Å². The second kappa shape index (κ2) is 4.32. The monoisotopic (exact) mass is 257 g/mol. The predicted molar refractivity (Wildman–Crippen MR) is 47.8 cm³/mol. The SMILES string of the molecule is O=C1C[C@@H](C(F)F)S(=O)(=O)C[C@H](C(=O)O)N1. The van der Waals surface area contributed by atoms with Gasteiger partial charge in [-0.15, -0.1) is 0 Å². The molecule has 1 rings (SSSR count). The number of aliphatic carboxylic acids is 1. The summed E-state index contributed by atoms with van der Waals surface area (Å²) in [4.78, 5) is 21.6. The molecule has 0 saturated carbocycles. The van der Waals surface area contributed by atoms with Gasteiger partial charge in [-0.05, 0) is 0 Å². The van der Waals surface area contributed by atoms with Gasteiger partial charge in [0.15, 0.2) is 9.84 Å². The van der Waals surface area contributed by atoms with Gasteiger partial charge < -0.3 is 10.4 Å². The first-order valence-corrected chi connectivity index (χ1v) is 5.97. The average Bonchev–Trinajstić information content (AvgIpc) is 2.22. The summed E-state index contributed by atoms with van der Waals surface area (Å²) in [6, 6.07) is -1.67. The second-order valence-corrected chi connectivity index (χ2v) is 5.63. The Kier molecular flexibility index (Phi) is 3.46. The Bertz CT molecular complexity index is 407. The van der Waals surface area contributed by atoms with E-state index in [1.165, 1.54) is 0 Å². The van der Waals surface area contributed by atoms with Crippen molar-refractivity contribution < 1.29 is 31.9 Å². The molecule has 9 heteroatoms. The summed E-state index contributed by atoms with van der Waals surface area (Å²) in [5.74, 6) is -3.58. The van der Waals surface area contributed by atoms with Crippen molar-refractivity contribution in [2.75, 3.05) is 5.75 Å². The highest BCUT2D eigenvalue weighted by Gasteiger charge is 2.42. The summed E-state index contributed by atoms with van der Waals surface area (Å²) in [7, 11) is -4.30. The number of carboxylic acid groups (broad SMARTS) is 1. The lowest BCUT2D eigenvalue weighted by atomic mass is 10.2. The molecule has 0 radical (unpaired) electrons. The minimum atomic E-state index is -4.30. The first kappa shape index (κ1) is 12.8. The molecule has 1 aliphatic heterocycles. The fraction of sp³-hybridized carbons (Fsp3) is 0.714. The van der Waals surface area contributed by atoms with Crippen molar-refractivity contribution >= 4 is 21.7 Å². The Hall–Kier alpha value is -1.25. The van der Waals surface area contributed by atoms with Crippen molar-refractivity contribution in [3.63, 3.8) is 0 Å². The van der Waals surface area contributed by atoms with Gasteiger partial charge in [-0.2, -0.15) is 0 Å². The van der Waals surface area contributed by atoms with Crippen LogP contribution >= 0.6 is 0 Å².